The average Bonchev–Trinajstić information content (AvgIpc) is 3.05. The molecule has 1 atom stereocenters. The van der Waals surface area contributed by atoms with Crippen molar-refractivity contribution in [3.05, 3.63) is 36.2 Å². The van der Waals surface area contributed by atoms with E-state index in [4.69, 9.17) is 5.11 Å². The van der Waals surface area contributed by atoms with Crippen molar-refractivity contribution in [2.24, 2.45) is 7.05 Å². The number of sulfonamides is 1. The van der Waals surface area contributed by atoms with Crippen LogP contribution in [0.1, 0.15) is 35.7 Å². The van der Waals surface area contributed by atoms with Gasteiger partial charge in [-0.2, -0.15) is 0 Å². The molecule has 0 fully saturated rings. The molecule has 2 aromatic rings. The van der Waals surface area contributed by atoms with E-state index in [9.17, 15) is 13.2 Å². The monoisotopic (exact) mass is 312 g/mol. The summed E-state index contributed by atoms with van der Waals surface area (Å²) in [7, 11) is -2.35. The van der Waals surface area contributed by atoms with Crippen LogP contribution in [0.4, 0.5) is 0 Å². The van der Waals surface area contributed by atoms with Gasteiger partial charge in [0.05, 0.1) is 6.04 Å². The van der Waals surface area contributed by atoms with Gasteiger partial charge < -0.3 is 14.7 Å². The lowest BCUT2D eigenvalue weighted by Crippen LogP contribution is -2.28. The van der Waals surface area contributed by atoms with Crippen LogP contribution < -0.4 is 4.72 Å². The molecular formula is C12H16N4O4S. The fourth-order valence-electron chi connectivity index (χ4n) is 1.95. The first-order chi connectivity index (χ1) is 9.85. The number of carboxylic acid groups (broad SMARTS) is 1. The van der Waals surface area contributed by atoms with Crippen molar-refractivity contribution < 1.29 is 18.3 Å². The van der Waals surface area contributed by atoms with Crippen LogP contribution >= 0.6 is 0 Å². The van der Waals surface area contributed by atoms with Gasteiger partial charge in [-0.3, -0.25) is 0 Å². The Hall–Kier alpha value is -2.13. The maximum Gasteiger partial charge on any atom is 0.352 e. The molecule has 21 heavy (non-hydrogen) atoms. The lowest BCUT2D eigenvalue weighted by atomic mass is 10.2. The van der Waals surface area contributed by atoms with Gasteiger partial charge in [0.2, 0.25) is 10.0 Å². The fraction of sp³-hybridized carbons (Fsp3) is 0.333. The number of nitrogens with zero attached hydrogens (tertiary/aromatic N) is 2. The van der Waals surface area contributed by atoms with Crippen LogP contribution in [0.25, 0.3) is 0 Å². The van der Waals surface area contributed by atoms with Crippen LogP contribution in [-0.2, 0) is 17.1 Å². The molecule has 0 spiro atoms. The van der Waals surface area contributed by atoms with Gasteiger partial charge in [0.25, 0.3) is 0 Å². The molecule has 2 rings (SSSR count). The van der Waals surface area contributed by atoms with E-state index < -0.39 is 22.0 Å². The number of rotatable bonds is 6. The lowest BCUT2D eigenvalue weighted by molar-refractivity contribution is 0.0686. The summed E-state index contributed by atoms with van der Waals surface area (Å²) >= 11 is 0. The molecule has 0 aliphatic rings. The summed E-state index contributed by atoms with van der Waals surface area (Å²) in [5.41, 5.74) is -0.0959. The number of carboxylic acids is 1. The highest BCUT2D eigenvalue weighted by molar-refractivity contribution is 7.89. The average molecular weight is 312 g/mol. The molecule has 0 aromatic carbocycles. The summed E-state index contributed by atoms with van der Waals surface area (Å²) in [6.45, 7) is 1.82. The molecule has 0 saturated carbocycles. The standard InChI is InChI=1S/C12H16N4O4S/c1-3-9(11-13-4-5-14-11)15-21(19,20)8-6-10(12(17)18)16(2)7-8/h4-7,9,15H,3H2,1-2H3,(H,13,14)(H,17,18). The Labute approximate surface area is 121 Å². The van der Waals surface area contributed by atoms with Crippen LogP contribution in [0.5, 0.6) is 0 Å². The third-order valence-corrected chi connectivity index (χ3v) is 4.50. The Bertz CT molecular complexity index is 733. The molecule has 0 amide bonds. The topological polar surface area (TPSA) is 117 Å². The number of carbonyl (C=O) groups is 1. The van der Waals surface area contributed by atoms with Crippen molar-refractivity contribution in [2.45, 2.75) is 24.3 Å². The second-order valence-electron chi connectivity index (χ2n) is 4.53. The van der Waals surface area contributed by atoms with Crippen molar-refractivity contribution in [1.82, 2.24) is 19.3 Å². The molecule has 0 aliphatic carbocycles. The number of hydrogen-bond acceptors (Lipinski definition) is 4. The van der Waals surface area contributed by atoms with Gasteiger partial charge in [-0.15, -0.1) is 0 Å². The van der Waals surface area contributed by atoms with E-state index in [1.807, 2.05) is 6.92 Å². The molecule has 3 N–H and O–H groups in total. The van der Waals surface area contributed by atoms with Crippen molar-refractivity contribution >= 4 is 16.0 Å². The zero-order chi connectivity index (χ0) is 15.6. The second kappa shape index (κ2) is 5.70. The number of aromatic amines is 1. The van der Waals surface area contributed by atoms with Crippen molar-refractivity contribution in [2.75, 3.05) is 0 Å². The van der Waals surface area contributed by atoms with E-state index in [1.165, 1.54) is 24.0 Å². The van der Waals surface area contributed by atoms with Gasteiger partial charge in [0.15, 0.2) is 0 Å². The molecule has 2 heterocycles. The first-order valence-corrected chi connectivity index (χ1v) is 7.74. The van der Waals surface area contributed by atoms with E-state index in [-0.39, 0.29) is 10.6 Å². The minimum absolute atomic E-state index is 0.0904. The van der Waals surface area contributed by atoms with Crippen LogP contribution in [-0.4, -0.2) is 34.0 Å². The summed E-state index contributed by atoms with van der Waals surface area (Å²) in [5.74, 6) is -0.674. The van der Waals surface area contributed by atoms with Gasteiger partial charge in [-0.1, -0.05) is 6.92 Å². The molecule has 0 radical (unpaired) electrons. The first-order valence-electron chi connectivity index (χ1n) is 6.26. The van der Waals surface area contributed by atoms with E-state index in [1.54, 1.807) is 6.20 Å². The van der Waals surface area contributed by atoms with Crippen LogP contribution in [0.15, 0.2) is 29.6 Å². The minimum atomic E-state index is -3.83. The maximum atomic E-state index is 12.3. The highest BCUT2D eigenvalue weighted by atomic mass is 32.2. The quantitative estimate of drug-likeness (QED) is 0.732. The SMILES string of the molecule is CCC(NS(=O)(=O)c1cc(C(=O)O)n(C)c1)c1ncc[nH]1. The second-order valence-corrected chi connectivity index (χ2v) is 6.25. The van der Waals surface area contributed by atoms with Crippen LogP contribution in [0.3, 0.4) is 0 Å². The van der Waals surface area contributed by atoms with Crippen molar-refractivity contribution in [3.63, 3.8) is 0 Å². The predicted molar refractivity (Wildman–Crippen MR) is 74.3 cm³/mol. The Morgan fingerprint density at radius 3 is 2.76 bits per heavy atom. The Balaban J connectivity index is 2.30. The first kappa shape index (κ1) is 15.3. The van der Waals surface area contributed by atoms with E-state index in [2.05, 4.69) is 14.7 Å². The van der Waals surface area contributed by atoms with Crippen molar-refractivity contribution in [1.29, 1.82) is 0 Å². The molecule has 0 bridgehead atoms. The largest absolute Gasteiger partial charge is 0.477 e. The van der Waals surface area contributed by atoms with Crippen LogP contribution in [0, 0.1) is 0 Å². The molecule has 2 aromatic heterocycles. The number of aromatic carboxylic acids is 1. The molecule has 0 saturated heterocycles. The lowest BCUT2D eigenvalue weighted by Gasteiger charge is -2.14. The van der Waals surface area contributed by atoms with Crippen molar-refractivity contribution in [3.8, 4) is 0 Å². The number of aromatic nitrogens is 3. The molecule has 0 aliphatic heterocycles. The molecular weight excluding hydrogens is 296 g/mol. The fourth-order valence-corrected chi connectivity index (χ4v) is 3.30. The number of H-pyrrole nitrogens is 1. The van der Waals surface area contributed by atoms with Crippen LogP contribution in [0.2, 0.25) is 0 Å². The Morgan fingerprint density at radius 1 is 1.57 bits per heavy atom. The normalized spacial score (nSPS) is 13.2. The Morgan fingerprint density at radius 2 is 2.29 bits per heavy atom. The highest BCUT2D eigenvalue weighted by Gasteiger charge is 2.24. The molecule has 9 heteroatoms. The predicted octanol–water partition coefficient (Wildman–Crippen LogP) is 0.876. The number of aryl methyl sites for hydroxylation is 1. The molecule has 114 valence electrons. The van der Waals surface area contributed by atoms with Gasteiger partial charge >= 0.3 is 5.97 Å². The maximum absolute atomic E-state index is 12.3. The molecule has 1 unspecified atom stereocenters. The Kier molecular flexibility index (Phi) is 4.14. The molecule has 8 nitrogen and oxygen atoms in total. The van der Waals surface area contributed by atoms with E-state index >= 15 is 0 Å². The number of hydrogen-bond donors (Lipinski definition) is 3. The summed E-state index contributed by atoms with van der Waals surface area (Å²) < 4.78 is 28.4. The third kappa shape index (κ3) is 3.14. The summed E-state index contributed by atoms with van der Waals surface area (Å²) in [6, 6.07) is 0.623. The zero-order valence-electron chi connectivity index (χ0n) is 11.6. The van der Waals surface area contributed by atoms with Gasteiger partial charge in [-0.05, 0) is 12.5 Å². The third-order valence-electron chi connectivity index (χ3n) is 3.06. The summed E-state index contributed by atoms with van der Waals surface area (Å²) in [4.78, 5) is 17.8. The summed E-state index contributed by atoms with van der Waals surface area (Å²) in [5, 5.41) is 8.97. The number of imidazole rings is 1. The van der Waals surface area contributed by atoms with E-state index in [0.717, 1.165) is 6.07 Å². The highest BCUT2D eigenvalue weighted by Crippen LogP contribution is 2.19. The minimum Gasteiger partial charge on any atom is -0.477 e. The van der Waals surface area contributed by atoms with Gasteiger partial charge in [-0.25, -0.2) is 22.9 Å². The van der Waals surface area contributed by atoms with Gasteiger partial charge in [0.1, 0.15) is 16.4 Å². The van der Waals surface area contributed by atoms with E-state index in [0.29, 0.717) is 12.2 Å². The smallest absolute Gasteiger partial charge is 0.352 e. The number of nitrogens with one attached hydrogen (secondary N) is 2. The zero-order valence-corrected chi connectivity index (χ0v) is 12.4. The summed E-state index contributed by atoms with van der Waals surface area (Å²) in [6.07, 6.45) is 4.92. The van der Waals surface area contributed by atoms with Gasteiger partial charge in [0, 0.05) is 25.6 Å².